The minimum atomic E-state index is -0.317. The zero-order valence-corrected chi connectivity index (χ0v) is 15.4. The largest absolute Gasteiger partial charge is 0.489 e. The summed E-state index contributed by atoms with van der Waals surface area (Å²) in [5.74, 6) is 1.59. The van der Waals surface area contributed by atoms with Gasteiger partial charge in [0.1, 0.15) is 24.2 Å². The van der Waals surface area contributed by atoms with Crippen molar-refractivity contribution < 1.29 is 9.13 Å². The average molecular weight is 370 g/mol. The van der Waals surface area contributed by atoms with E-state index in [1.807, 2.05) is 42.6 Å². The maximum absolute atomic E-state index is 13.2. The van der Waals surface area contributed by atoms with Crippen LogP contribution in [0.2, 0.25) is 0 Å². The number of hydrogen-bond acceptors (Lipinski definition) is 4. The molecule has 8 heteroatoms. The van der Waals surface area contributed by atoms with E-state index in [2.05, 4.69) is 25.8 Å². The lowest BCUT2D eigenvalue weighted by Gasteiger charge is -2.17. The topological polar surface area (TPSA) is 75.8 Å². The number of guanidine groups is 1. The SMILES string of the molecule is CCNC(=NCc1nnc2ccccn12)NCC(C)Oc1cccc(F)c1. The molecule has 2 heterocycles. The van der Waals surface area contributed by atoms with E-state index < -0.39 is 0 Å². The lowest BCUT2D eigenvalue weighted by atomic mass is 10.3. The second-order valence-electron chi connectivity index (χ2n) is 6.01. The van der Waals surface area contributed by atoms with Crippen LogP contribution in [0, 0.1) is 5.82 Å². The van der Waals surface area contributed by atoms with Crippen molar-refractivity contribution in [1.82, 2.24) is 25.2 Å². The van der Waals surface area contributed by atoms with Gasteiger partial charge in [0.15, 0.2) is 17.4 Å². The molecule has 2 N–H and O–H groups in total. The van der Waals surface area contributed by atoms with Crippen molar-refractivity contribution in [3.63, 3.8) is 0 Å². The normalized spacial score (nSPS) is 12.8. The van der Waals surface area contributed by atoms with Crippen LogP contribution in [0.15, 0.2) is 53.7 Å². The molecule has 1 unspecified atom stereocenters. The van der Waals surface area contributed by atoms with Gasteiger partial charge < -0.3 is 15.4 Å². The molecule has 3 rings (SSSR count). The van der Waals surface area contributed by atoms with Gasteiger partial charge in [-0.1, -0.05) is 12.1 Å². The summed E-state index contributed by atoms with van der Waals surface area (Å²) in [6.45, 7) is 5.54. The highest BCUT2D eigenvalue weighted by molar-refractivity contribution is 5.79. The van der Waals surface area contributed by atoms with Gasteiger partial charge in [0, 0.05) is 18.8 Å². The molecule has 0 fully saturated rings. The number of fused-ring (bicyclic) bond motifs is 1. The van der Waals surface area contributed by atoms with Gasteiger partial charge in [-0.05, 0) is 38.1 Å². The standard InChI is InChI=1S/C19H23FN6O/c1-3-21-19(22-12-14(2)27-16-8-6-7-15(20)11-16)23-13-18-25-24-17-9-4-5-10-26(17)18/h4-11,14H,3,12-13H2,1-2H3,(H2,21,22,23). The molecule has 2 aromatic heterocycles. The van der Waals surface area contributed by atoms with Gasteiger partial charge in [-0.2, -0.15) is 0 Å². The van der Waals surface area contributed by atoms with Crippen LogP contribution in [0.4, 0.5) is 4.39 Å². The summed E-state index contributed by atoms with van der Waals surface area (Å²) in [6.07, 6.45) is 1.75. The van der Waals surface area contributed by atoms with Crippen molar-refractivity contribution in [2.45, 2.75) is 26.5 Å². The lowest BCUT2D eigenvalue weighted by molar-refractivity contribution is 0.223. The number of nitrogens with one attached hydrogen (secondary N) is 2. The number of rotatable bonds is 7. The Kier molecular flexibility index (Phi) is 6.19. The number of hydrogen-bond donors (Lipinski definition) is 2. The summed E-state index contributed by atoms with van der Waals surface area (Å²) in [6, 6.07) is 11.9. The first-order valence-electron chi connectivity index (χ1n) is 8.88. The molecule has 1 atom stereocenters. The molecule has 0 aliphatic carbocycles. The first-order chi connectivity index (χ1) is 13.2. The fraction of sp³-hybridized carbons (Fsp3) is 0.316. The summed E-state index contributed by atoms with van der Waals surface area (Å²) in [7, 11) is 0. The summed E-state index contributed by atoms with van der Waals surface area (Å²) in [5.41, 5.74) is 0.790. The van der Waals surface area contributed by atoms with Gasteiger partial charge >= 0.3 is 0 Å². The Hall–Kier alpha value is -3.16. The molecule has 0 spiro atoms. The Labute approximate surface area is 157 Å². The van der Waals surface area contributed by atoms with Gasteiger partial charge in [-0.3, -0.25) is 4.40 Å². The van der Waals surface area contributed by atoms with E-state index in [1.54, 1.807) is 12.1 Å². The Morgan fingerprint density at radius 1 is 1.22 bits per heavy atom. The van der Waals surface area contributed by atoms with E-state index in [-0.39, 0.29) is 11.9 Å². The van der Waals surface area contributed by atoms with Crippen molar-refractivity contribution in [2.75, 3.05) is 13.1 Å². The zero-order valence-electron chi connectivity index (χ0n) is 15.4. The first kappa shape index (κ1) is 18.6. The van der Waals surface area contributed by atoms with Gasteiger partial charge in [0.05, 0.1) is 6.54 Å². The van der Waals surface area contributed by atoms with Gasteiger partial charge in [0.25, 0.3) is 0 Å². The van der Waals surface area contributed by atoms with Crippen molar-refractivity contribution >= 4 is 11.6 Å². The molecule has 0 bridgehead atoms. The van der Waals surface area contributed by atoms with Gasteiger partial charge in [-0.15, -0.1) is 10.2 Å². The van der Waals surface area contributed by atoms with Crippen LogP contribution in [0.25, 0.3) is 5.65 Å². The quantitative estimate of drug-likeness (QED) is 0.493. The third kappa shape index (κ3) is 5.16. The lowest BCUT2D eigenvalue weighted by Crippen LogP contribution is -2.41. The zero-order chi connectivity index (χ0) is 19.1. The summed E-state index contributed by atoms with van der Waals surface area (Å²) < 4.78 is 20.9. The fourth-order valence-electron chi connectivity index (χ4n) is 2.54. The molecule has 27 heavy (non-hydrogen) atoms. The maximum atomic E-state index is 13.2. The van der Waals surface area contributed by atoms with Crippen molar-refractivity contribution in [3.05, 3.63) is 60.3 Å². The van der Waals surface area contributed by atoms with E-state index in [0.717, 1.165) is 18.0 Å². The molecule has 7 nitrogen and oxygen atoms in total. The molecule has 0 saturated heterocycles. The molecular weight excluding hydrogens is 347 g/mol. The molecule has 1 aromatic carbocycles. The van der Waals surface area contributed by atoms with E-state index in [4.69, 9.17) is 4.74 Å². The van der Waals surface area contributed by atoms with Crippen LogP contribution in [0.5, 0.6) is 5.75 Å². The molecule has 0 aliphatic heterocycles. The van der Waals surface area contributed by atoms with Crippen LogP contribution < -0.4 is 15.4 Å². The van der Waals surface area contributed by atoms with Crippen LogP contribution in [0.1, 0.15) is 19.7 Å². The highest BCUT2D eigenvalue weighted by Crippen LogP contribution is 2.13. The third-order valence-corrected chi connectivity index (χ3v) is 3.80. The van der Waals surface area contributed by atoms with Crippen LogP contribution in [0.3, 0.4) is 0 Å². The molecule has 3 aromatic rings. The maximum Gasteiger partial charge on any atom is 0.191 e. The minimum Gasteiger partial charge on any atom is -0.489 e. The molecule has 0 radical (unpaired) electrons. The molecule has 0 aliphatic rings. The summed E-state index contributed by atoms with van der Waals surface area (Å²) in [4.78, 5) is 4.55. The Balaban J connectivity index is 1.58. The van der Waals surface area contributed by atoms with E-state index in [0.29, 0.717) is 24.8 Å². The number of ether oxygens (including phenoxy) is 1. The number of aliphatic imine (C=N–C) groups is 1. The minimum absolute atomic E-state index is 0.162. The van der Waals surface area contributed by atoms with E-state index in [9.17, 15) is 4.39 Å². The van der Waals surface area contributed by atoms with Crippen molar-refractivity contribution in [3.8, 4) is 5.75 Å². The second kappa shape index (κ2) is 8.98. The number of aromatic nitrogens is 3. The molecule has 0 amide bonds. The monoisotopic (exact) mass is 370 g/mol. The highest BCUT2D eigenvalue weighted by Gasteiger charge is 2.08. The first-order valence-corrected chi connectivity index (χ1v) is 8.88. The van der Waals surface area contributed by atoms with Gasteiger partial charge in [0.2, 0.25) is 0 Å². The molecule has 142 valence electrons. The van der Waals surface area contributed by atoms with Crippen LogP contribution >= 0.6 is 0 Å². The predicted octanol–water partition coefficient (Wildman–Crippen LogP) is 2.39. The van der Waals surface area contributed by atoms with E-state index >= 15 is 0 Å². The summed E-state index contributed by atoms with van der Waals surface area (Å²) >= 11 is 0. The number of pyridine rings is 1. The molecule has 0 saturated carbocycles. The van der Waals surface area contributed by atoms with Crippen LogP contribution in [-0.2, 0) is 6.54 Å². The average Bonchev–Trinajstić information content (AvgIpc) is 3.07. The summed E-state index contributed by atoms with van der Waals surface area (Å²) in [5, 5.41) is 14.7. The van der Waals surface area contributed by atoms with E-state index in [1.165, 1.54) is 12.1 Å². The van der Waals surface area contributed by atoms with Crippen molar-refractivity contribution in [1.29, 1.82) is 0 Å². The number of halogens is 1. The second-order valence-corrected chi connectivity index (χ2v) is 6.01. The predicted molar refractivity (Wildman–Crippen MR) is 102 cm³/mol. The van der Waals surface area contributed by atoms with Crippen molar-refractivity contribution in [2.24, 2.45) is 4.99 Å². The number of benzene rings is 1. The third-order valence-electron chi connectivity index (χ3n) is 3.80. The Morgan fingerprint density at radius 3 is 2.93 bits per heavy atom. The van der Waals surface area contributed by atoms with Crippen LogP contribution in [-0.4, -0.2) is 39.8 Å². The fourth-order valence-corrected chi connectivity index (χ4v) is 2.54. The highest BCUT2D eigenvalue weighted by atomic mass is 19.1. The Bertz CT molecular complexity index is 910. The molecular formula is C19H23FN6O. The van der Waals surface area contributed by atoms with Gasteiger partial charge in [-0.25, -0.2) is 9.38 Å². The number of nitrogens with zero attached hydrogens (tertiary/aromatic N) is 4. The smallest absolute Gasteiger partial charge is 0.191 e. The Morgan fingerprint density at radius 2 is 2.11 bits per heavy atom.